The molecule has 23 heavy (non-hydrogen) atoms. The first-order chi connectivity index (χ1) is 11.0. The fourth-order valence-electron chi connectivity index (χ4n) is 2.28. The summed E-state index contributed by atoms with van der Waals surface area (Å²) in [4.78, 5) is 34.5. The Balaban J connectivity index is 2.29. The molecule has 0 N–H and O–H groups in total. The van der Waals surface area contributed by atoms with Crippen molar-refractivity contribution in [1.29, 1.82) is 0 Å². The number of nitro groups is 1. The molecule has 0 saturated carbocycles. The summed E-state index contributed by atoms with van der Waals surface area (Å²) in [6.07, 6.45) is -0.120. The van der Waals surface area contributed by atoms with E-state index in [-0.39, 0.29) is 24.3 Å². The lowest BCUT2D eigenvalue weighted by molar-refractivity contribution is -0.385. The van der Waals surface area contributed by atoms with Crippen molar-refractivity contribution in [3.63, 3.8) is 0 Å². The number of para-hydroxylation sites is 1. The van der Waals surface area contributed by atoms with E-state index in [4.69, 9.17) is 0 Å². The Morgan fingerprint density at radius 2 is 1.61 bits per heavy atom. The molecule has 0 heterocycles. The van der Waals surface area contributed by atoms with Crippen molar-refractivity contribution in [2.24, 2.45) is 0 Å². The number of esters is 1. The van der Waals surface area contributed by atoms with Crippen molar-refractivity contribution >= 4 is 17.4 Å². The number of benzene rings is 2. The number of nitrogens with zero attached hydrogens (tertiary/aromatic N) is 1. The van der Waals surface area contributed by atoms with Gasteiger partial charge in [-0.3, -0.25) is 19.7 Å². The Morgan fingerprint density at radius 1 is 1.00 bits per heavy atom. The van der Waals surface area contributed by atoms with E-state index in [1.54, 1.807) is 42.5 Å². The minimum Gasteiger partial charge on any atom is -0.469 e. The number of carbonyl (C=O) groups is 2. The van der Waals surface area contributed by atoms with Crippen molar-refractivity contribution in [2.45, 2.75) is 12.8 Å². The van der Waals surface area contributed by atoms with Gasteiger partial charge in [0.05, 0.1) is 18.5 Å². The summed E-state index contributed by atoms with van der Waals surface area (Å²) >= 11 is 0. The third-order valence-corrected chi connectivity index (χ3v) is 3.42. The Hall–Kier alpha value is -3.02. The number of carbonyl (C=O) groups excluding carboxylic acids is 2. The van der Waals surface area contributed by atoms with Crippen LogP contribution in [0.15, 0.2) is 48.5 Å². The van der Waals surface area contributed by atoms with Crippen molar-refractivity contribution in [3.8, 4) is 0 Å². The second-order valence-corrected chi connectivity index (χ2v) is 4.90. The molecule has 2 aromatic rings. The minimum atomic E-state index is -0.511. The van der Waals surface area contributed by atoms with Gasteiger partial charge in [0.1, 0.15) is 0 Å². The molecule has 0 atom stereocenters. The third-order valence-electron chi connectivity index (χ3n) is 3.42. The van der Waals surface area contributed by atoms with E-state index in [0.29, 0.717) is 16.7 Å². The zero-order chi connectivity index (χ0) is 16.8. The summed E-state index contributed by atoms with van der Waals surface area (Å²) < 4.78 is 4.62. The second-order valence-electron chi connectivity index (χ2n) is 4.90. The normalized spacial score (nSPS) is 10.1. The van der Waals surface area contributed by atoms with Gasteiger partial charge in [-0.25, -0.2) is 0 Å². The molecule has 0 bridgehead atoms. The van der Waals surface area contributed by atoms with Crippen molar-refractivity contribution in [3.05, 3.63) is 75.3 Å². The molecule has 6 nitrogen and oxygen atoms in total. The van der Waals surface area contributed by atoms with E-state index in [2.05, 4.69) is 4.74 Å². The van der Waals surface area contributed by atoms with E-state index in [0.717, 1.165) is 0 Å². The molecule has 0 radical (unpaired) electrons. The standard InChI is InChI=1S/C17H15NO5/c1-23-17(20)11-12-6-2-4-8-14(12)16(19)10-13-7-3-5-9-15(13)18(21)22/h2-9H,10-11H2,1H3. The van der Waals surface area contributed by atoms with Gasteiger partial charge in [0.2, 0.25) is 0 Å². The van der Waals surface area contributed by atoms with Crippen LogP contribution < -0.4 is 0 Å². The number of rotatable bonds is 6. The summed E-state index contributed by atoms with van der Waals surface area (Å²) in [5, 5.41) is 11.0. The molecule has 0 aliphatic heterocycles. The van der Waals surface area contributed by atoms with E-state index >= 15 is 0 Å². The molecule has 0 saturated heterocycles. The van der Waals surface area contributed by atoms with Crippen LogP contribution in [0.4, 0.5) is 5.69 Å². The Bertz CT molecular complexity index is 754. The molecular weight excluding hydrogens is 298 g/mol. The third kappa shape index (κ3) is 4.00. The van der Waals surface area contributed by atoms with Crippen LogP contribution >= 0.6 is 0 Å². The molecule has 0 aromatic heterocycles. The lowest BCUT2D eigenvalue weighted by atomic mass is 9.96. The van der Waals surface area contributed by atoms with Crippen LogP contribution in [0.2, 0.25) is 0 Å². The first-order valence-corrected chi connectivity index (χ1v) is 6.93. The number of hydrogen-bond acceptors (Lipinski definition) is 5. The fraction of sp³-hybridized carbons (Fsp3) is 0.176. The summed E-state index contributed by atoms with van der Waals surface area (Å²) in [7, 11) is 1.28. The van der Waals surface area contributed by atoms with Gasteiger partial charge >= 0.3 is 5.97 Å². The summed E-state index contributed by atoms with van der Waals surface area (Å²) in [5.41, 5.74) is 1.17. The number of hydrogen-bond donors (Lipinski definition) is 0. The average molecular weight is 313 g/mol. The maximum absolute atomic E-state index is 12.5. The number of ketones is 1. The topological polar surface area (TPSA) is 86.5 Å². The predicted molar refractivity (Wildman–Crippen MR) is 83.3 cm³/mol. The molecule has 0 unspecified atom stereocenters. The van der Waals surface area contributed by atoms with Crippen molar-refractivity contribution in [1.82, 2.24) is 0 Å². The average Bonchev–Trinajstić information content (AvgIpc) is 2.55. The van der Waals surface area contributed by atoms with Crippen LogP contribution in [-0.2, 0) is 22.4 Å². The highest BCUT2D eigenvalue weighted by atomic mass is 16.6. The van der Waals surface area contributed by atoms with Crippen LogP contribution in [0.5, 0.6) is 0 Å². The molecule has 0 aliphatic rings. The van der Waals surface area contributed by atoms with Crippen LogP contribution in [0.3, 0.4) is 0 Å². The van der Waals surface area contributed by atoms with E-state index in [1.165, 1.54) is 13.2 Å². The van der Waals surface area contributed by atoms with E-state index < -0.39 is 10.9 Å². The van der Waals surface area contributed by atoms with Gasteiger partial charge in [-0.15, -0.1) is 0 Å². The predicted octanol–water partition coefficient (Wildman–Crippen LogP) is 2.74. The van der Waals surface area contributed by atoms with Gasteiger partial charge in [0.15, 0.2) is 5.78 Å². The molecule has 118 valence electrons. The SMILES string of the molecule is COC(=O)Cc1ccccc1C(=O)Cc1ccccc1[N+](=O)[O-]. The lowest BCUT2D eigenvalue weighted by Crippen LogP contribution is -2.12. The maximum Gasteiger partial charge on any atom is 0.310 e. The van der Waals surface area contributed by atoms with Gasteiger partial charge < -0.3 is 4.74 Å². The van der Waals surface area contributed by atoms with E-state index in [1.807, 2.05) is 0 Å². The Kier molecular flexibility index (Phi) is 5.19. The highest BCUT2D eigenvalue weighted by molar-refractivity contribution is 6.00. The minimum absolute atomic E-state index is 0.0186. The molecule has 0 fully saturated rings. The van der Waals surface area contributed by atoms with Crippen molar-refractivity contribution < 1.29 is 19.2 Å². The van der Waals surface area contributed by atoms with Gasteiger partial charge in [0, 0.05) is 23.6 Å². The van der Waals surface area contributed by atoms with Gasteiger partial charge in [-0.1, -0.05) is 42.5 Å². The maximum atomic E-state index is 12.5. The summed E-state index contributed by atoms with van der Waals surface area (Å²) in [5.74, 6) is -0.727. The smallest absolute Gasteiger partial charge is 0.310 e. The first kappa shape index (κ1) is 16.4. The fourth-order valence-corrected chi connectivity index (χ4v) is 2.28. The van der Waals surface area contributed by atoms with Crippen LogP contribution in [-0.4, -0.2) is 23.8 Å². The highest BCUT2D eigenvalue weighted by Crippen LogP contribution is 2.21. The largest absolute Gasteiger partial charge is 0.469 e. The van der Waals surface area contributed by atoms with Crippen LogP contribution in [0, 0.1) is 10.1 Å². The molecule has 0 spiro atoms. The Labute approximate surface area is 132 Å². The summed E-state index contributed by atoms with van der Waals surface area (Å²) in [6, 6.07) is 12.8. The molecule has 0 aliphatic carbocycles. The van der Waals surface area contributed by atoms with Crippen LogP contribution in [0.1, 0.15) is 21.5 Å². The number of ether oxygens (including phenoxy) is 1. The van der Waals surface area contributed by atoms with Crippen LogP contribution in [0.25, 0.3) is 0 Å². The second kappa shape index (κ2) is 7.31. The van der Waals surface area contributed by atoms with Gasteiger partial charge in [0.25, 0.3) is 5.69 Å². The monoisotopic (exact) mass is 313 g/mol. The molecule has 2 rings (SSSR count). The highest BCUT2D eigenvalue weighted by Gasteiger charge is 2.19. The summed E-state index contributed by atoms with van der Waals surface area (Å²) in [6.45, 7) is 0. The number of nitro benzene ring substituents is 1. The molecule has 6 heteroatoms. The van der Waals surface area contributed by atoms with E-state index in [9.17, 15) is 19.7 Å². The zero-order valence-corrected chi connectivity index (χ0v) is 12.5. The first-order valence-electron chi connectivity index (χ1n) is 6.93. The Morgan fingerprint density at radius 3 is 2.26 bits per heavy atom. The molecule has 0 amide bonds. The number of methoxy groups -OCH3 is 1. The number of Topliss-reactive ketones (excluding diaryl/α,β-unsaturated/α-hetero) is 1. The quantitative estimate of drug-likeness (QED) is 0.354. The zero-order valence-electron chi connectivity index (χ0n) is 12.5. The van der Waals surface area contributed by atoms with Gasteiger partial charge in [-0.2, -0.15) is 0 Å². The van der Waals surface area contributed by atoms with Crippen molar-refractivity contribution in [2.75, 3.05) is 7.11 Å². The molecule has 2 aromatic carbocycles. The lowest BCUT2D eigenvalue weighted by Gasteiger charge is -2.08. The van der Waals surface area contributed by atoms with Gasteiger partial charge in [-0.05, 0) is 5.56 Å². The molecular formula is C17H15NO5.